The zero-order valence-corrected chi connectivity index (χ0v) is 18.1. The average Bonchev–Trinajstić information content (AvgIpc) is 3.47. The second-order valence-corrected chi connectivity index (χ2v) is 9.33. The lowest BCUT2D eigenvalue weighted by Gasteiger charge is -2.37. The summed E-state index contributed by atoms with van der Waals surface area (Å²) in [5.41, 5.74) is -0.446. The van der Waals surface area contributed by atoms with Crippen LogP contribution >= 0.6 is 11.3 Å². The fourth-order valence-electron chi connectivity index (χ4n) is 4.27. The molecule has 1 aliphatic carbocycles. The van der Waals surface area contributed by atoms with E-state index in [2.05, 4.69) is 0 Å². The van der Waals surface area contributed by atoms with Crippen LogP contribution in [0.1, 0.15) is 47.8 Å². The van der Waals surface area contributed by atoms with Crippen molar-refractivity contribution in [2.75, 3.05) is 18.0 Å². The molecule has 0 spiro atoms. The number of thiophene rings is 1. The van der Waals surface area contributed by atoms with Crippen molar-refractivity contribution in [3.8, 4) is 0 Å². The van der Waals surface area contributed by atoms with Crippen LogP contribution in [0.25, 0.3) is 0 Å². The van der Waals surface area contributed by atoms with Crippen molar-refractivity contribution in [3.63, 3.8) is 0 Å². The second kappa shape index (κ2) is 8.65. The van der Waals surface area contributed by atoms with E-state index < -0.39 is 11.7 Å². The van der Waals surface area contributed by atoms with Crippen molar-refractivity contribution in [2.45, 2.75) is 44.8 Å². The summed E-state index contributed by atoms with van der Waals surface area (Å²) in [6.07, 6.45) is -1.46. The van der Waals surface area contributed by atoms with Gasteiger partial charge in [-0.1, -0.05) is 12.1 Å². The Kier molecular flexibility index (Phi) is 6.10. The number of rotatable bonds is 5. The molecule has 166 valence electrons. The molecule has 2 fully saturated rings. The van der Waals surface area contributed by atoms with Crippen molar-refractivity contribution in [3.05, 3.63) is 52.2 Å². The highest BCUT2D eigenvalue weighted by atomic mass is 32.1. The first-order chi connectivity index (χ1) is 14.8. The van der Waals surface area contributed by atoms with Crippen LogP contribution in [-0.4, -0.2) is 35.8 Å². The van der Waals surface area contributed by atoms with Crippen molar-refractivity contribution in [2.24, 2.45) is 11.8 Å². The molecule has 1 aromatic heterocycles. The summed E-state index contributed by atoms with van der Waals surface area (Å²) in [5, 5.41) is 1.86. The third kappa shape index (κ3) is 4.79. The lowest BCUT2D eigenvalue weighted by Crippen LogP contribution is -2.47. The topological polar surface area (TPSA) is 40.6 Å². The van der Waals surface area contributed by atoms with Gasteiger partial charge in [0.25, 0.3) is 5.91 Å². The Balaban J connectivity index is 1.50. The van der Waals surface area contributed by atoms with Gasteiger partial charge in [0, 0.05) is 30.7 Å². The van der Waals surface area contributed by atoms with E-state index in [1.54, 1.807) is 21.9 Å². The molecule has 0 bridgehead atoms. The Morgan fingerprint density at radius 2 is 1.81 bits per heavy atom. The second-order valence-electron chi connectivity index (χ2n) is 8.38. The van der Waals surface area contributed by atoms with Crippen LogP contribution in [0.3, 0.4) is 0 Å². The van der Waals surface area contributed by atoms with Crippen LogP contribution in [0.15, 0.2) is 41.8 Å². The lowest BCUT2D eigenvalue weighted by molar-refractivity contribution is -0.137. The Labute approximate surface area is 183 Å². The first kappa shape index (κ1) is 21.9. The minimum atomic E-state index is -4.46. The Morgan fingerprint density at radius 3 is 2.39 bits per heavy atom. The number of benzene rings is 1. The smallest absolute Gasteiger partial charge is 0.338 e. The lowest BCUT2D eigenvalue weighted by atomic mass is 9.93. The van der Waals surface area contributed by atoms with Gasteiger partial charge in [0.05, 0.1) is 10.4 Å². The van der Waals surface area contributed by atoms with E-state index in [-0.39, 0.29) is 23.8 Å². The molecular formula is C23H25F3N2O2S. The number of carbonyl (C=O) groups excluding carboxylic acids is 2. The van der Waals surface area contributed by atoms with Gasteiger partial charge in [0.15, 0.2) is 0 Å². The number of piperidine rings is 1. The maximum atomic E-state index is 13.5. The first-order valence-corrected chi connectivity index (χ1v) is 11.5. The molecule has 8 heteroatoms. The summed E-state index contributed by atoms with van der Waals surface area (Å²) in [6.45, 7) is 2.87. The molecule has 2 amide bonds. The maximum absolute atomic E-state index is 13.5. The van der Waals surface area contributed by atoms with Gasteiger partial charge in [-0.2, -0.15) is 13.2 Å². The summed E-state index contributed by atoms with van der Waals surface area (Å²) >= 11 is 1.39. The molecule has 1 saturated carbocycles. The van der Waals surface area contributed by atoms with Gasteiger partial charge in [-0.15, -0.1) is 11.3 Å². The number of amides is 2. The number of carbonyl (C=O) groups is 2. The minimum absolute atomic E-state index is 0.0259. The third-order valence-electron chi connectivity index (χ3n) is 6.26. The number of nitrogens with zero attached hydrogens (tertiary/aromatic N) is 2. The summed E-state index contributed by atoms with van der Waals surface area (Å²) in [6, 6.07) is 8.52. The van der Waals surface area contributed by atoms with Crippen molar-refractivity contribution in [1.29, 1.82) is 0 Å². The number of halogens is 3. The fraction of sp³-hybridized carbons (Fsp3) is 0.478. The number of alkyl halides is 3. The zero-order valence-electron chi connectivity index (χ0n) is 17.3. The first-order valence-electron chi connectivity index (χ1n) is 10.6. The zero-order chi connectivity index (χ0) is 22.2. The van der Waals surface area contributed by atoms with Gasteiger partial charge in [0.2, 0.25) is 5.91 Å². The van der Waals surface area contributed by atoms with E-state index >= 15 is 0 Å². The maximum Gasteiger partial charge on any atom is 0.416 e. The van der Waals surface area contributed by atoms with Crippen LogP contribution in [0, 0.1) is 11.8 Å². The van der Waals surface area contributed by atoms with E-state index in [0.717, 1.165) is 25.0 Å². The van der Waals surface area contributed by atoms with Gasteiger partial charge >= 0.3 is 6.18 Å². The molecule has 2 heterocycles. The van der Waals surface area contributed by atoms with Crippen molar-refractivity contribution in [1.82, 2.24) is 4.90 Å². The average molecular weight is 451 g/mol. The Bertz CT molecular complexity index is 933. The molecule has 2 aliphatic rings. The van der Waals surface area contributed by atoms with E-state index in [1.165, 1.54) is 17.4 Å². The van der Waals surface area contributed by atoms with Crippen molar-refractivity contribution >= 4 is 28.8 Å². The van der Waals surface area contributed by atoms with Crippen LogP contribution in [0.5, 0.6) is 0 Å². The van der Waals surface area contributed by atoms with Gasteiger partial charge in [-0.3, -0.25) is 9.59 Å². The SMILES string of the molecule is CC(C1CC1)N(C(=O)C1CCN(C(=O)c2cccs2)CC1)c1cccc(C(F)(F)F)c1. The van der Waals surface area contributed by atoms with Gasteiger partial charge < -0.3 is 9.80 Å². The molecule has 4 nitrogen and oxygen atoms in total. The molecule has 0 radical (unpaired) electrons. The van der Waals surface area contributed by atoms with Crippen LogP contribution in [0.2, 0.25) is 0 Å². The minimum Gasteiger partial charge on any atom is -0.338 e. The monoisotopic (exact) mass is 450 g/mol. The molecule has 1 unspecified atom stereocenters. The molecule has 1 saturated heterocycles. The normalized spacial score (nSPS) is 18.6. The molecule has 4 rings (SSSR count). The van der Waals surface area contributed by atoms with Gasteiger partial charge in [0.1, 0.15) is 0 Å². The number of anilines is 1. The molecule has 1 aliphatic heterocycles. The van der Waals surface area contributed by atoms with Gasteiger partial charge in [-0.25, -0.2) is 0 Å². The van der Waals surface area contributed by atoms with Crippen molar-refractivity contribution < 1.29 is 22.8 Å². The Morgan fingerprint density at radius 1 is 1.10 bits per heavy atom. The van der Waals surface area contributed by atoms with E-state index in [9.17, 15) is 22.8 Å². The molecule has 31 heavy (non-hydrogen) atoms. The standard InChI is InChI=1S/C23H25F3N2O2S/c1-15(16-7-8-16)28(19-5-2-4-18(14-19)23(24,25)26)21(29)17-9-11-27(12-10-17)22(30)20-6-3-13-31-20/h2-6,13-17H,7-12H2,1H3. The fourth-order valence-corrected chi connectivity index (χ4v) is 4.96. The summed E-state index contributed by atoms with van der Waals surface area (Å²) in [7, 11) is 0. The largest absolute Gasteiger partial charge is 0.416 e. The quantitative estimate of drug-likeness (QED) is 0.608. The third-order valence-corrected chi connectivity index (χ3v) is 7.12. The number of hydrogen-bond donors (Lipinski definition) is 0. The predicted molar refractivity (Wildman–Crippen MR) is 114 cm³/mol. The predicted octanol–water partition coefficient (Wildman–Crippen LogP) is 5.45. The molecule has 1 aromatic carbocycles. The van der Waals surface area contributed by atoms with E-state index in [0.29, 0.717) is 42.4 Å². The van der Waals surface area contributed by atoms with E-state index in [4.69, 9.17) is 0 Å². The highest BCUT2D eigenvalue weighted by Crippen LogP contribution is 2.39. The molecule has 2 aromatic rings. The van der Waals surface area contributed by atoms with Crippen LogP contribution in [0.4, 0.5) is 18.9 Å². The molecule has 1 atom stereocenters. The van der Waals surface area contributed by atoms with Crippen LogP contribution < -0.4 is 4.90 Å². The molecular weight excluding hydrogens is 425 g/mol. The number of likely N-dealkylation sites (tertiary alicyclic amines) is 1. The molecule has 0 N–H and O–H groups in total. The van der Waals surface area contributed by atoms with Gasteiger partial charge in [-0.05, 0) is 68.2 Å². The van der Waals surface area contributed by atoms with Crippen LogP contribution in [-0.2, 0) is 11.0 Å². The highest BCUT2D eigenvalue weighted by Gasteiger charge is 2.39. The summed E-state index contributed by atoms with van der Waals surface area (Å²) < 4.78 is 39.8. The summed E-state index contributed by atoms with van der Waals surface area (Å²) in [4.78, 5) is 30.1. The number of hydrogen-bond acceptors (Lipinski definition) is 3. The Hall–Kier alpha value is -2.35. The summed E-state index contributed by atoms with van der Waals surface area (Å²) in [5.74, 6) is -0.147. The van der Waals surface area contributed by atoms with E-state index in [1.807, 2.05) is 18.4 Å². The highest BCUT2D eigenvalue weighted by molar-refractivity contribution is 7.12.